The summed E-state index contributed by atoms with van der Waals surface area (Å²) in [5.41, 5.74) is 3.93. The molecular weight excluding hydrogens is 264 g/mol. The molecule has 0 aromatic heterocycles. The number of esters is 1. The second kappa shape index (κ2) is 6.58. The quantitative estimate of drug-likeness (QED) is 0.873. The van der Waals surface area contributed by atoms with Gasteiger partial charge in [-0.1, -0.05) is 24.3 Å². The lowest BCUT2D eigenvalue weighted by atomic mass is 10.1. The van der Waals surface area contributed by atoms with Crippen LogP contribution in [0.5, 0.6) is 0 Å². The number of rotatable bonds is 4. The number of methoxy groups -OCH3 is 1. The number of hydrogen-bond acceptors (Lipinski definition) is 4. The second-order valence-corrected chi connectivity index (χ2v) is 4.64. The lowest BCUT2D eigenvalue weighted by molar-refractivity contribution is 0.0599. The molecule has 0 spiro atoms. The number of hydrogen-bond donors (Lipinski definition) is 1. The molecule has 2 aromatic rings. The summed E-state index contributed by atoms with van der Waals surface area (Å²) in [5.74, 6) is -0.352. The lowest BCUT2D eigenvalue weighted by Crippen LogP contribution is -2.09. The maximum Gasteiger partial charge on any atom is 0.338 e. The van der Waals surface area contributed by atoms with Gasteiger partial charge in [0.2, 0.25) is 0 Å². The van der Waals surface area contributed by atoms with Gasteiger partial charge in [0.1, 0.15) is 0 Å². The van der Waals surface area contributed by atoms with Crippen molar-refractivity contribution in [1.29, 1.82) is 5.26 Å². The van der Waals surface area contributed by atoms with Gasteiger partial charge >= 0.3 is 5.97 Å². The van der Waals surface area contributed by atoms with Gasteiger partial charge in [-0.25, -0.2) is 4.79 Å². The van der Waals surface area contributed by atoms with Crippen molar-refractivity contribution in [1.82, 2.24) is 0 Å². The number of aryl methyl sites for hydroxylation is 1. The maximum absolute atomic E-state index is 11.7. The standard InChI is InChI=1S/C17H16N2O2/c1-12-7-8-13(10-18)9-16(12)19-11-14-5-3-4-6-15(14)17(20)21-2/h3-9,19H,11H2,1-2H3. The Bertz CT molecular complexity index is 702. The summed E-state index contributed by atoms with van der Waals surface area (Å²) in [6.45, 7) is 2.46. The summed E-state index contributed by atoms with van der Waals surface area (Å²) in [6.07, 6.45) is 0. The van der Waals surface area contributed by atoms with Gasteiger partial charge < -0.3 is 10.1 Å². The SMILES string of the molecule is COC(=O)c1ccccc1CNc1cc(C#N)ccc1C. The van der Waals surface area contributed by atoms with E-state index in [1.807, 2.05) is 25.1 Å². The van der Waals surface area contributed by atoms with E-state index in [1.54, 1.807) is 24.3 Å². The summed E-state index contributed by atoms with van der Waals surface area (Å²) in [5, 5.41) is 12.2. The van der Waals surface area contributed by atoms with E-state index in [0.29, 0.717) is 17.7 Å². The number of ether oxygens (including phenoxy) is 1. The zero-order chi connectivity index (χ0) is 15.2. The molecule has 4 heteroatoms. The van der Waals surface area contributed by atoms with Crippen LogP contribution in [0.4, 0.5) is 5.69 Å². The molecule has 0 aliphatic heterocycles. The van der Waals surface area contributed by atoms with Crippen LogP contribution in [0.15, 0.2) is 42.5 Å². The van der Waals surface area contributed by atoms with Crippen LogP contribution in [-0.2, 0) is 11.3 Å². The van der Waals surface area contributed by atoms with Crippen molar-refractivity contribution in [3.8, 4) is 6.07 Å². The number of nitrogens with one attached hydrogen (secondary N) is 1. The summed E-state index contributed by atoms with van der Waals surface area (Å²) in [7, 11) is 1.37. The molecule has 0 saturated heterocycles. The van der Waals surface area contributed by atoms with Gasteiger partial charge in [-0.05, 0) is 36.2 Å². The Hall–Kier alpha value is -2.80. The molecule has 2 rings (SSSR count). The molecule has 0 fully saturated rings. The Labute approximate surface area is 124 Å². The smallest absolute Gasteiger partial charge is 0.338 e. The zero-order valence-corrected chi connectivity index (χ0v) is 12.0. The molecule has 0 bridgehead atoms. The fourth-order valence-corrected chi connectivity index (χ4v) is 2.06. The zero-order valence-electron chi connectivity index (χ0n) is 12.0. The fraction of sp³-hybridized carbons (Fsp3) is 0.176. The number of benzene rings is 2. The number of anilines is 1. The van der Waals surface area contributed by atoms with E-state index in [0.717, 1.165) is 16.8 Å². The van der Waals surface area contributed by atoms with E-state index in [4.69, 9.17) is 10.00 Å². The second-order valence-electron chi connectivity index (χ2n) is 4.64. The molecule has 106 valence electrons. The predicted molar refractivity (Wildman–Crippen MR) is 81.0 cm³/mol. The van der Waals surface area contributed by atoms with E-state index in [-0.39, 0.29) is 5.97 Å². The van der Waals surface area contributed by atoms with E-state index < -0.39 is 0 Å². The first-order valence-electron chi connectivity index (χ1n) is 6.56. The van der Waals surface area contributed by atoms with Crippen LogP contribution in [0.1, 0.15) is 27.0 Å². The molecule has 0 atom stereocenters. The highest BCUT2D eigenvalue weighted by Gasteiger charge is 2.10. The molecule has 0 amide bonds. The predicted octanol–water partition coefficient (Wildman–Crippen LogP) is 3.27. The van der Waals surface area contributed by atoms with Crippen molar-refractivity contribution >= 4 is 11.7 Å². The van der Waals surface area contributed by atoms with Gasteiger partial charge in [-0.15, -0.1) is 0 Å². The Balaban J connectivity index is 2.21. The average Bonchev–Trinajstić information content (AvgIpc) is 2.53. The highest BCUT2D eigenvalue weighted by Crippen LogP contribution is 2.19. The largest absolute Gasteiger partial charge is 0.465 e. The first kappa shape index (κ1) is 14.6. The molecule has 0 unspecified atom stereocenters. The van der Waals surface area contributed by atoms with Crippen LogP contribution in [0, 0.1) is 18.3 Å². The van der Waals surface area contributed by atoms with E-state index in [1.165, 1.54) is 7.11 Å². The molecule has 4 nitrogen and oxygen atoms in total. The molecule has 0 radical (unpaired) electrons. The first-order valence-corrected chi connectivity index (χ1v) is 6.56. The van der Waals surface area contributed by atoms with E-state index >= 15 is 0 Å². The van der Waals surface area contributed by atoms with Crippen molar-refractivity contribution in [3.63, 3.8) is 0 Å². The highest BCUT2D eigenvalue weighted by molar-refractivity contribution is 5.91. The minimum atomic E-state index is -0.352. The van der Waals surface area contributed by atoms with E-state index in [2.05, 4.69) is 11.4 Å². The minimum Gasteiger partial charge on any atom is -0.465 e. The summed E-state index contributed by atoms with van der Waals surface area (Å²) in [6, 6.07) is 14.9. The summed E-state index contributed by atoms with van der Waals surface area (Å²) < 4.78 is 4.78. The molecular formula is C17H16N2O2. The van der Waals surface area contributed by atoms with Gasteiger partial charge in [0, 0.05) is 12.2 Å². The van der Waals surface area contributed by atoms with Gasteiger partial charge in [0.15, 0.2) is 0 Å². The van der Waals surface area contributed by atoms with Crippen molar-refractivity contribution in [2.45, 2.75) is 13.5 Å². The van der Waals surface area contributed by atoms with Gasteiger partial charge in [0.05, 0.1) is 24.3 Å². The van der Waals surface area contributed by atoms with Crippen molar-refractivity contribution in [2.24, 2.45) is 0 Å². The Kier molecular flexibility index (Phi) is 4.57. The molecule has 21 heavy (non-hydrogen) atoms. The van der Waals surface area contributed by atoms with Crippen molar-refractivity contribution in [3.05, 3.63) is 64.7 Å². The first-order chi connectivity index (χ1) is 10.2. The van der Waals surface area contributed by atoms with Crippen LogP contribution >= 0.6 is 0 Å². The van der Waals surface area contributed by atoms with Crippen molar-refractivity contribution in [2.75, 3.05) is 12.4 Å². The third-order valence-electron chi connectivity index (χ3n) is 3.26. The molecule has 0 heterocycles. The van der Waals surface area contributed by atoms with Crippen LogP contribution in [0.2, 0.25) is 0 Å². The topological polar surface area (TPSA) is 62.1 Å². The van der Waals surface area contributed by atoms with Crippen molar-refractivity contribution < 1.29 is 9.53 Å². The molecule has 0 aliphatic rings. The third-order valence-corrected chi connectivity index (χ3v) is 3.26. The summed E-state index contributed by atoms with van der Waals surface area (Å²) in [4.78, 5) is 11.7. The number of carbonyl (C=O) groups excluding carboxylic acids is 1. The van der Waals surface area contributed by atoms with Crippen LogP contribution in [0.25, 0.3) is 0 Å². The number of carbonyl (C=O) groups is 1. The van der Waals surface area contributed by atoms with Gasteiger partial charge in [0.25, 0.3) is 0 Å². The third kappa shape index (κ3) is 3.40. The Morgan fingerprint density at radius 1 is 1.29 bits per heavy atom. The number of nitrogens with zero attached hydrogens (tertiary/aromatic N) is 1. The number of nitriles is 1. The van der Waals surface area contributed by atoms with Crippen LogP contribution in [0.3, 0.4) is 0 Å². The Morgan fingerprint density at radius 2 is 2.05 bits per heavy atom. The monoisotopic (exact) mass is 280 g/mol. The minimum absolute atomic E-state index is 0.352. The van der Waals surface area contributed by atoms with Gasteiger partial charge in [-0.3, -0.25) is 0 Å². The maximum atomic E-state index is 11.7. The molecule has 0 saturated carbocycles. The van der Waals surface area contributed by atoms with Crippen LogP contribution < -0.4 is 5.32 Å². The fourth-order valence-electron chi connectivity index (χ4n) is 2.06. The van der Waals surface area contributed by atoms with Crippen LogP contribution in [-0.4, -0.2) is 13.1 Å². The average molecular weight is 280 g/mol. The summed E-state index contributed by atoms with van der Waals surface area (Å²) >= 11 is 0. The molecule has 0 aliphatic carbocycles. The molecule has 1 N–H and O–H groups in total. The normalized spacial score (nSPS) is 9.76. The lowest BCUT2D eigenvalue weighted by Gasteiger charge is -2.12. The highest BCUT2D eigenvalue weighted by atomic mass is 16.5. The molecule has 2 aromatic carbocycles. The van der Waals surface area contributed by atoms with Gasteiger partial charge in [-0.2, -0.15) is 5.26 Å². The van der Waals surface area contributed by atoms with E-state index in [9.17, 15) is 4.79 Å². The Morgan fingerprint density at radius 3 is 2.76 bits per heavy atom.